The highest BCUT2D eigenvalue weighted by molar-refractivity contribution is 7.13. The van der Waals surface area contributed by atoms with Gasteiger partial charge in [-0.1, -0.05) is 30.6 Å². The van der Waals surface area contributed by atoms with Crippen molar-refractivity contribution in [1.29, 1.82) is 0 Å². The Morgan fingerprint density at radius 3 is 2.71 bits per heavy atom. The van der Waals surface area contributed by atoms with Gasteiger partial charge in [0.25, 0.3) is 0 Å². The van der Waals surface area contributed by atoms with E-state index in [0.29, 0.717) is 10.9 Å². The molecule has 0 N–H and O–H groups in total. The van der Waals surface area contributed by atoms with Crippen molar-refractivity contribution in [2.24, 2.45) is 0 Å². The van der Waals surface area contributed by atoms with Gasteiger partial charge in [0.15, 0.2) is 0 Å². The Hall–Kier alpha value is -0.900. The normalized spacial score (nSPS) is 18.3. The van der Waals surface area contributed by atoms with Crippen molar-refractivity contribution in [3.05, 3.63) is 27.1 Å². The van der Waals surface area contributed by atoms with Crippen LogP contribution in [0.15, 0.2) is 11.4 Å². The summed E-state index contributed by atoms with van der Waals surface area (Å²) in [5.74, 6) is 0.440. The number of rotatable bonds is 2. The Morgan fingerprint density at radius 1 is 1.36 bits per heavy atom. The van der Waals surface area contributed by atoms with Gasteiger partial charge in [-0.05, 0) is 30.2 Å². The van der Waals surface area contributed by atoms with Gasteiger partial charge >= 0.3 is 5.00 Å². The zero-order valence-electron chi connectivity index (χ0n) is 7.94. The van der Waals surface area contributed by atoms with E-state index in [1.54, 1.807) is 0 Å². The van der Waals surface area contributed by atoms with Crippen molar-refractivity contribution in [2.75, 3.05) is 0 Å². The first-order valence-corrected chi connectivity index (χ1v) is 5.89. The molecule has 0 aromatic carbocycles. The van der Waals surface area contributed by atoms with Crippen molar-refractivity contribution < 1.29 is 4.92 Å². The summed E-state index contributed by atoms with van der Waals surface area (Å²) in [4.78, 5) is 10.5. The van der Waals surface area contributed by atoms with Crippen LogP contribution in [0.4, 0.5) is 5.00 Å². The second kappa shape index (κ2) is 4.09. The molecule has 1 aromatic heterocycles. The molecule has 0 spiro atoms. The van der Waals surface area contributed by atoms with Gasteiger partial charge in [0.05, 0.1) is 4.92 Å². The molecule has 1 saturated carbocycles. The highest BCUT2D eigenvalue weighted by atomic mass is 32.1. The maximum absolute atomic E-state index is 10.7. The van der Waals surface area contributed by atoms with E-state index in [9.17, 15) is 10.1 Å². The standard InChI is InChI=1S/C10H13NO2S/c12-11(13)10-9(6-7-14-10)8-4-2-1-3-5-8/h6-8H,1-5H2. The average Bonchev–Trinajstić information content (AvgIpc) is 2.67. The summed E-state index contributed by atoms with van der Waals surface area (Å²) in [5, 5.41) is 12.9. The van der Waals surface area contributed by atoms with Crippen molar-refractivity contribution in [2.45, 2.75) is 38.0 Å². The van der Waals surface area contributed by atoms with Gasteiger partial charge in [0, 0.05) is 5.56 Å². The Morgan fingerprint density at radius 2 is 2.07 bits per heavy atom. The van der Waals surface area contributed by atoms with E-state index in [-0.39, 0.29) is 4.92 Å². The molecule has 0 aliphatic heterocycles. The summed E-state index contributed by atoms with van der Waals surface area (Å²) in [6.07, 6.45) is 5.97. The van der Waals surface area contributed by atoms with E-state index >= 15 is 0 Å². The third-order valence-electron chi connectivity index (χ3n) is 2.89. The number of thiophene rings is 1. The van der Waals surface area contributed by atoms with Gasteiger partial charge in [-0.15, -0.1) is 0 Å². The van der Waals surface area contributed by atoms with E-state index < -0.39 is 0 Å². The van der Waals surface area contributed by atoms with Crippen molar-refractivity contribution in [1.82, 2.24) is 0 Å². The molecule has 0 saturated heterocycles. The maximum Gasteiger partial charge on any atom is 0.327 e. The van der Waals surface area contributed by atoms with Crippen molar-refractivity contribution in [3.8, 4) is 0 Å². The first kappa shape index (κ1) is 9.65. The second-order valence-corrected chi connectivity index (χ2v) is 4.67. The highest BCUT2D eigenvalue weighted by Gasteiger charge is 2.24. The minimum absolute atomic E-state index is 0.241. The van der Waals surface area contributed by atoms with Crippen LogP contribution in [0.25, 0.3) is 0 Å². The molecule has 0 bridgehead atoms. The van der Waals surface area contributed by atoms with Crippen LogP contribution < -0.4 is 0 Å². The second-order valence-electron chi connectivity index (χ2n) is 3.77. The number of nitro groups is 1. The van der Waals surface area contributed by atoms with Gasteiger partial charge in [0.2, 0.25) is 0 Å². The molecule has 1 aliphatic rings. The quantitative estimate of drug-likeness (QED) is 0.553. The van der Waals surface area contributed by atoms with Gasteiger partial charge in [0.1, 0.15) is 0 Å². The molecule has 1 fully saturated rings. The zero-order chi connectivity index (χ0) is 9.97. The molecule has 0 amide bonds. The maximum atomic E-state index is 10.7. The molecular formula is C10H13NO2S. The lowest BCUT2D eigenvalue weighted by molar-refractivity contribution is -0.381. The average molecular weight is 211 g/mol. The van der Waals surface area contributed by atoms with Gasteiger partial charge in [-0.2, -0.15) is 0 Å². The van der Waals surface area contributed by atoms with Crippen LogP contribution in [0.3, 0.4) is 0 Å². The van der Waals surface area contributed by atoms with Crippen LogP contribution >= 0.6 is 11.3 Å². The molecule has 1 aromatic rings. The topological polar surface area (TPSA) is 43.1 Å². The van der Waals surface area contributed by atoms with E-state index in [0.717, 1.165) is 18.4 Å². The third kappa shape index (κ3) is 1.80. The first-order valence-electron chi connectivity index (χ1n) is 5.01. The number of nitrogens with zero attached hydrogens (tertiary/aromatic N) is 1. The van der Waals surface area contributed by atoms with E-state index in [1.165, 1.54) is 30.6 Å². The molecular weight excluding hydrogens is 198 g/mol. The molecule has 2 rings (SSSR count). The number of hydrogen-bond acceptors (Lipinski definition) is 3. The zero-order valence-corrected chi connectivity index (χ0v) is 8.76. The fraction of sp³-hybridized carbons (Fsp3) is 0.600. The molecule has 76 valence electrons. The molecule has 0 unspecified atom stereocenters. The molecule has 1 aliphatic carbocycles. The lowest BCUT2D eigenvalue weighted by Crippen LogP contribution is -2.05. The van der Waals surface area contributed by atoms with Crippen molar-refractivity contribution >= 4 is 16.3 Å². The van der Waals surface area contributed by atoms with Gasteiger partial charge in [-0.25, -0.2) is 0 Å². The van der Waals surface area contributed by atoms with Crippen LogP contribution in [0.1, 0.15) is 43.6 Å². The summed E-state index contributed by atoms with van der Waals surface area (Å²) in [6, 6.07) is 1.93. The summed E-state index contributed by atoms with van der Waals surface area (Å²) in [5.41, 5.74) is 0.972. The molecule has 3 nitrogen and oxygen atoms in total. The Balaban J connectivity index is 2.21. The largest absolute Gasteiger partial charge is 0.327 e. The summed E-state index contributed by atoms with van der Waals surface area (Å²) in [6.45, 7) is 0. The van der Waals surface area contributed by atoms with E-state index in [4.69, 9.17) is 0 Å². The first-order chi connectivity index (χ1) is 6.79. The van der Waals surface area contributed by atoms with Crippen LogP contribution in [0.2, 0.25) is 0 Å². The molecule has 14 heavy (non-hydrogen) atoms. The summed E-state index contributed by atoms with van der Waals surface area (Å²) < 4.78 is 0. The highest BCUT2D eigenvalue weighted by Crippen LogP contribution is 2.39. The Kier molecular flexibility index (Phi) is 2.82. The Bertz CT molecular complexity index is 329. The van der Waals surface area contributed by atoms with Crippen molar-refractivity contribution in [3.63, 3.8) is 0 Å². The van der Waals surface area contributed by atoms with E-state index in [1.807, 2.05) is 11.4 Å². The Labute approximate surface area is 86.9 Å². The van der Waals surface area contributed by atoms with E-state index in [2.05, 4.69) is 0 Å². The SMILES string of the molecule is O=[N+]([O-])c1sccc1C1CCCCC1. The van der Waals surface area contributed by atoms with Crippen LogP contribution in [-0.4, -0.2) is 4.92 Å². The number of hydrogen-bond donors (Lipinski definition) is 0. The van der Waals surface area contributed by atoms with Crippen LogP contribution in [-0.2, 0) is 0 Å². The minimum Gasteiger partial charge on any atom is -0.258 e. The predicted octanol–water partition coefficient (Wildman–Crippen LogP) is 3.70. The lowest BCUT2D eigenvalue weighted by Gasteiger charge is -2.19. The van der Waals surface area contributed by atoms with Gasteiger partial charge in [-0.3, -0.25) is 10.1 Å². The third-order valence-corrected chi connectivity index (χ3v) is 3.77. The summed E-state index contributed by atoms with van der Waals surface area (Å²) in [7, 11) is 0. The van der Waals surface area contributed by atoms with Crippen LogP contribution in [0.5, 0.6) is 0 Å². The predicted molar refractivity (Wildman–Crippen MR) is 56.8 cm³/mol. The minimum atomic E-state index is -0.241. The smallest absolute Gasteiger partial charge is 0.258 e. The molecule has 0 radical (unpaired) electrons. The lowest BCUT2D eigenvalue weighted by atomic mass is 9.85. The monoisotopic (exact) mass is 211 g/mol. The molecule has 4 heteroatoms. The molecule has 0 atom stereocenters. The molecule has 1 heterocycles. The van der Waals surface area contributed by atoms with Gasteiger partial charge < -0.3 is 0 Å². The fourth-order valence-electron chi connectivity index (χ4n) is 2.18. The summed E-state index contributed by atoms with van der Waals surface area (Å²) >= 11 is 1.25. The van der Waals surface area contributed by atoms with Crippen LogP contribution in [0, 0.1) is 10.1 Å². The fourth-order valence-corrected chi connectivity index (χ4v) is 2.98.